The highest BCUT2D eigenvalue weighted by atomic mass is 19.4. The van der Waals surface area contributed by atoms with Crippen LogP contribution in [0.5, 0.6) is 11.5 Å². The highest BCUT2D eigenvalue weighted by Crippen LogP contribution is 2.38. The third kappa shape index (κ3) is 8.61. The minimum absolute atomic E-state index is 0.0244. The Morgan fingerprint density at radius 3 is 2.19 bits per heavy atom. The number of aliphatic carboxylic acids is 1. The highest BCUT2D eigenvalue weighted by Gasteiger charge is 2.34. The molecule has 9 nitrogen and oxygen atoms in total. The number of nitrogens with zero attached hydrogens (tertiary/aromatic N) is 3. The van der Waals surface area contributed by atoms with E-state index in [9.17, 15) is 27.9 Å². The molecule has 2 aliphatic heterocycles. The Kier molecular flexibility index (Phi) is 11.7. The molecule has 2 N–H and O–H groups in total. The van der Waals surface area contributed by atoms with Gasteiger partial charge in [-0.25, -0.2) is 0 Å². The van der Waals surface area contributed by atoms with Crippen molar-refractivity contribution in [3.8, 4) is 22.6 Å². The Labute approximate surface area is 313 Å². The van der Waals surface area contributed by atoms with Crippen LogP contribution < -0.4 is 14.8 Å². The second-order valence-electron chi connectivity index (χ2n) is 14.0. The first-order valence-electron chi connectivity index (χ1n) is 18.0. The molecular weight excluding hydrogens is 697 g/mol. The van der Waals surface area contributed by atoms with Crippen molar-refractivity contribution in [1.82, 2.24) is 14.8 Å². The van der Waals surface area contributed by atoms with E-state index in [1.54, 1.807) is 24.4 Å². The summed E-state index contributed by atoms with van der Waals surface area (Å²) in [5.41, 5.74) is 5.48. The number of amides is 1. The zero-order valence-electron chi connectivity index (χ0n) is 30.9. The molecule has 2 fully saturated rings. The van der Waals surface area contributed by atoms with Crippen molar-refractivity contribution in [2.75, 3.05) is 45.7 Å². The van der Waals surface area contributed by atoms with E-state index in [2.05, 4.69) is 15.2 Å². The molecule has 284 valence electrons. The summed E-state index contributed by atoms with van der Waals surface area (Å²) in [5, 5.41) is 12.3. The lowest BCUT2D eigenvalue weighted by molar-refractivity contribution is -0.141. The molecule has 0 radical (unpaired) electrons. The smallest absolute Gasteiger partial charge is 0.417 e. The van der Waals surface area contributed by atoms with Gasteiger partial charge in [-0.3, -0.25) is 24.4 Å². The molecule has 0 unspecified atom stereocenters. The number of carbonyl (C=O) groups is 2. The monoisotopic (exact) mass is 742 g/mol. The lowest BCUT2D eigenvalue weighted by Gasteiger charge is -2.20. The number of carbonyl (C=O) groups excluding carboxylic acids is 1. The van der Waals surface area contributed by atoms with Crippen molar-refractivity contribution in [3.63, 3.8) is 0 Å². The number of benzene rings is 3. The molecule has 0 aliphatic carbocycles. The zero-order valence-corrected chi connectivity index (χ0v) is 30.9. The number of rotatable bonds is 12. The molecule has 3 heterocycles. The van der Waals surface area contributed by atoms with Crippen LogP contribution in [0.1, 0.15) is 68.7 Å². The van der Waals surface area contributed by atoms with Crippen LogP contribution >= 0.6 is 0 Å². The van der Waals surface area contributed by atoms with Crippen LogP contribution in [-0.2, 0) is 24.1 Å². The molecule has 54 heavy (non-hydrogen) atoms. The normalized spacial score (nSPS) is 16.6. The number of hydrogen-bond donors (Lipinski definition) is 2. The van der Waals surface area contributed by atoms with Crippen LogP contribution in [0.3, 0.4) is 0 Å². The number of carboxylic acids is 1. The standard InChI is InChI=1S/C42H45F3N4O5/c1-26-28(13-14-29-20-38(53-3)31(19-35(29)42(43,44)45)24-48-16-5-6-17-48)9-7-10-33(26)34-11-8-12-36(27(34)2)47-40(50)37-21-39(54-4)32(22-46-37)25-49-18-15-30(23-49)41(51)52/h7-14,19-22,30H,5-6,15-18,23-25H2,1-4H3,(H,47,50)(H,51,52)/b14-13+/t30-/m1/s1. The predicted molar refractivity (Wildman–Crippen MR) is 203 cm³/mol. The summed E-state index contributed by atoms with van der Waals surface area (Å²) in [6, 6.07) is 15.5. The first kappa shape index (κ1) is 38.5. The van der Waals surface area contributed by atoms with Crippen LogP contribution in [0.4, 0.5) is 18.9 Å². The number of ether oxygens (including phenoxy) is 2. The van der Waals surface area contributed by atoms with E-state index in [0.717, 1.165) is 59.3 Å². The van der Waals surface area contributed by atoms with Gasteiger partial charge in [-0.05, 0) is 104 Å². The van der Waals surface area contributed by atoms with E-state index < -0.39 is 29.5 Å². The summed E-state index contributed by atoms with van der Waals surface area (Å²) >= 11 is 0. The predicted octanol–water partition coefficient (Wildman–Crippen LogP) is 8.33. The molecule has 1 atom stereocenters. The van der Waals surface area contributed by atoms with Gasteiger partial charge in [0.2, 0.25) is 0 Å². The summed E-state index contributed by atoms with van der Waals surface area (Å²) in [6.45, 7) is 7.49. The highest BCUT2D eigenvalue weighted by molar-refractivity contribution is 6.04. The third-order valence-corrected chi connectivity index (χ3v) is 10.5. The van der Waals surface area contributed by atoms with E-state index in [-0.39, 0.29) is 11.3 Å². The van der Waals surface area contributed by atoms with Gasteiger partial charge < -0.3 is 19.9 Å². The summed E-state index contributed by atoms with van der Waals surface area (Å²) in [7, 11) is 3.00. The van der Waals surface area contributed by atoms with Crippen LogP contribution in [-0.4, -0.2) is 72.2 Å². The third-order valence-electron chi connectivity index (χ3n) is 10.5. The molecular formula is C42H45F3N4O5. The molecule has 1 aromatic heterocycles. The van der Waals surface area contributed by atoms with Crippen LogP contribution in [0.2, 0.25) is 0 Å². The molecule has 0 spiro atoms. The molecule has 1 amide bonds. The molecule has 12 heteroatoms. The van der Waals surface area contributed by atoms with E-state index >= 15 is 0 Å². The molecule has 2 aliphatic rings. The average molecular weight is 743 g/mol. The minimum atomic E-state index is -4.55. The van der Waals surface area contributed by atoms with Crippen molar-refractivity contribution in [2.24, 2.45) is 5.92 Å². The lowest BCUT2D eigenvalue weighted by atomic mass is 9.92. The number of pyridine rings is 1. The van der Waals surface area contributed by atoms with Gasteiger partial charge in [0.15, 0.2) is 0 Å². The largest absolute Gasteiger partial charge is 0.496 e. The van der Waals surface area contributed by atoms with Gasteiger partial charge in [-0.2, -0.15) is 13.2 Å². The first-order valence-corrected chi connectivity index (χ1v) is 18.0. The van der Waals surface area contributed by atoms with E-state index in [0.29, 0.717) is 55.3 Å². The maximum atomic E-state index is 14.4. The fraction of sp³-hybridized carbons (Fsp3) is 0.357. The number of hydrogen-bond acceptors (Lipinski definition) is 7. The Bertz CT molecular complexity index is 2060. The molecule has 0 bridgehead atoms. The van der Waals surface area contributed by atoms with Gasteiger partial charge in [0.05, 0.1) is 25.7 Å². The number of aromatic nitrogens is 1. The van der Waals surface area contributed by atoms with Gasteiger partial charge in [-0.1, -0.05) is 42.5 Å². The fourth-order valence-corrected chi connectivity index (χ4v) is 7.39. The van der Waals surface area contributed by atoms with Gasteiger partial charge >= 0.3 is 12.1 Å². The van der Waals surface area contributed by atoms with E-state index in [1.165, 1.54) is 32.4 Å². The number of methoxy groups -OCH3 is 2. The van der Waals surface area contributed by atoms with Crippen LogP contribution in [0.25, 0.3) is 23.3 Å². The zero-order chi connectivity index (χ0) is 38.6. The van der Waals surface area contributed by atoms with Crippen molar-refractivity contribution in [3.05, 3.63) is 105 Å². The Hall–Kier alpha value is -5.20. The van der Waals surface area contributed by atoms with E-state index in [4.69, 9.17) is 9.47 Å². The SMILES string of the molecule is COc1cc(/C=C/c2cccc(-c3cccc(NC(=O)c4cc(OC)c(CN5CC[C@@H](C(=O)O)C5)cn4)c3C)c2C)c(C(F)(F)F)cc1CN1CCCC1. The average Bonchev–Trinajstić information content (AvgIpc) is 3.85. The molecule has 3 aromatic carbocycles. The van der Waals surface area contributed by atoms with Crippen molar-refractivity contribution in [2.45, 2.75) is 52.4 Å². The summed E-state index contributed by atoms with van der Waals surface area (Å²) in [6.07, 6.45) is 2.88. The van der Waals surface area contributed by atoms with Gasteiger partial charge in [0, 0.05) is 48.7 Å². The van der Waals surface area contributed by atoms with Gasteiger partial charge in [0.1, 0.15) is 17.2 Å². The number of alkyl halides is 3. The summed E-state index contributed by atoms with van der Waals surface area (Å²) in [5.74, 6) is -0.722. The van der Waals surface area contributed by atoms with Crippen molar-refractivity contribution >= 4 is 29.7 Å². The number of anilines is 1. The molecule has 6 rings (SSSR count). The number of likely N-dealkylation sites (tertiary alicyclic amines) is 2. The lowest BCUT2D eigenvalue weighted by Crippen LogP contribution is -2.23. The van der Waals surface area contributed by atoms with Crippen molar-refractivity contribution < 1.29 is 37.3 Å². The quantitative estimate of drug-likeness (QED) is 0.140. The van der Waals surface area contributed by atoms with Crippen LogP contribution in [0, 0.1) is 19.8 Å². The Morgan fingerprint density at radius 2 is 1.52 bits per heavy atom. The first-order chi connectivity index (χ1) is 25.9. The number of carboxylic acid groups (broad SMARTS) is 1. The maximum absolute atomic E-state index is 14.4. The van der Waals surface area contributed by atoms with Crippen LogP contribution in [0.15, 0.2) is 60.8 Å². The fourth-order valence-electron chi connectivity index (χ4n) is 7.39. The number of nitrogens with one attached hydrogen (secondary N) is 1. The van der Waals surface area contributed by atoms with Crippen molar-refractivity contribution in [1.29, 1.82) is 0 Å². The topological polar surface area (TPSA) is 104 Å². The molecule has 4 aromatic rings. The second-order valence-corrected chi connectivity index (χ2v) is 14.0. The van der Waals surface area contributed by atoms with Gasteiger partial charge in [-0.15, -0.1) is 0 Å². The Balaban J connectivity index is 1.22. The number of halogens is 3. The van der Waals surface area contributed by atoms with E-state index in [1.807, 2.05) is 49.1 Å². The Morgan fingerprint density at radius 1 is 0.870 bits per heavy atom. The molecule has 2 saturated heterocycles. The maximum Gasteiger partial charge on any atom is 0.417 e. The molecule has 0 saturated carbocycles. The summed E-state index contributed by atoms with van der Waals surface area (Å²) < 4.78 is 54.2. The van der Waals surface area contributed by atoms with Gasteiger partial charge in [0.25, 0.3) is 5.91 Å². The minimum Gasteiger partial charge on any atom is -0.496 e. The summed E-state index contributed by atoms with van der Waals surface area (Å²) in [4.78, 5) is 33.4. The second kappa shape index (κ2) is 16.4.